The Bertz CT molecular complexity index is 657. The van der Waals surface area contributed by atoms with E-state index in [9.17, 15) is 23.3 Å². The number of aryl methyl sites for hydroxylation is 1. The highest BCUT2D eigenvalue weighted by molar-refractivity contribution is 7.89. The van der Waals surface area contributed by atoms with Crippen LogP contribution >= 0.6 is 0 Å². The number of aliphatic carboxylic acids is 1. The van der Waals surface area contributed by atoms with E-state index in [0.29, 0.717) is 0 Å². The normalized spacial score (nSPS) is 12.9. The molecule has 0 aliphatic heterocycles. The van der Waals surface area contributed by atoms with Gasteiger partial charge < -0.3 is 10.2 Å². The molecule has 0 aliphatic rings. The lowest BCUT2D eigenvalue weighted by Crippen LogP contribution is -2.30. The van der Waals surface area contributed by atoms with Gasteiger partial charge in [0.2, 0.25) is 10.0 Å². The Labute approximate surface area is 120 Å². The first-order chi connectivity index (χ1) is 9.66. The molecule has 0 bridgehead atoms. The fourth-order valence-corrected chi connectivity index (χ4v) is 3.10. The molecule has 116 valence electrons. The quantitative estimate of drug-likeness (QED) is 0.474. The van der Waals surface area contributed by atoms with Crippen LogP contribution in [0.25, 0.3) is 0 Å². The Balaban J connectivity index is 2.99. The van der Waals surface area contributed by atoms with Crippen molar-refractivity contribution in [3.63, 3.8) is 0 Å². The molecule has 0 saturated heterocycles. The summed E-state index contributed by atoms with van der Waals surface area (Å²) in [5.74, 6) is -1.48. The van der Waals surface area contributed by atoms with Crippen LogP contribution in [0.5, 0.6) is 0 Å². The van der Waals surface area contributed by atoms with Crippen LogP contribution in [-0.4, -0.2) is 42.2 Å². The first kappa shape index (κ1) is 17.0. The average Bonchev–Trinajstić information content (AvgIpc) is 2.37. The molecule has 1 atom stereocenters. The van der Waals surface area contributed by atoms with E-state index >= 15 is 0 Å². The van der Waals surface area contributed by atoms with Gasteiger partial charge in [-0.3, -0.25) is 10.1 Å². The van der Waals surface area contributed by atoms with Gasteiger partial charge in [0.05, 0.1) is 4.92 Å². The molecule has 1 aromatic rings. The highest BCUT2D eigenvalue weighted by Gasteiger charge is 2.27. The van der Waals surface area contributed by atoms with Crippen LogP contribution in [0.1, 0.15) is 12.0 Å². The Kier molecular flexibility index (Phi) is 5.35. The minimum Gasteiger partial charge on any atom is -0.479 e. The fraction of sp³-hybridized carbons (Fsp3) is 0.364. The van der Waals surface area contributed by atoms with E-state index < -0.39 is 37.6 Å². The zero-order valence-corrected chi connectivity index (χ0v) is 11.8. The number of carbonyl (C=O) groups is 1. The van der Waals surface area contributed by atoms with E-state index in [2.05, 4.69) is 0 Å². The molecule has 0 radical (unpaired) electrons. The van der Waals surface area contributed by atoms with Crippen LogP contribution in [0.15, 0.2) is 23.1 Å². The molecule has 0 heterocycles. The summed E-state index contributed by atoms with van der Waals surface area (Å²) in [4.78, 5) is 20.0. The van der Waals surface area contributed by atoms with Crippen LogP contribution in [0.3, 0.4) is 0 Å². The SMILES string of the molecule is Cc1cccc([N+](=O)[O-])c1S(=O)(=O)NCC[C@H](O)C(=O)O. The second kappa shape index (κ2) is 6.61. The molecule has 0 amide bonds. The van der Waals surface area contributed by atoms with E-state index in [1.807, 2.05) is 4.72 Å². The first-order valence-corrected chi connectivity index (χ1v) is 7.29. The van der Waals surface area contributed by atoms with E-state index in [4.69, 9.17) is 10.2 Å². The fourth-order valence-electron chi connectivity index (χ4n) is 1.66. The van der Waals surface area contributed by atoms with Gasteiger partial charge in [0.1, 0.15) is 0 Å². The van der Waals surface area contributed by atoms with Gasteiger partial charge in [-0.15, -0.1) is 0 Å². The number of aliphatic hydroxyl groups excluding tert-OH is 1. The number of rotatable bonds is 7. The molecular weight excluding hydrogens is 304 g/mol. The Hall–Kier alpha value is -2.04. The number of aliphatic hydroxyl groups is 1. The number of sulfonamides is 1. The van der Waals surface area contributed by atoms with Crippen molar-refractivity contribution in [2.75, 3.05) is 6.54 Å². The molecule has 9 nitrogen and oxygen atoms in total. The Morgan fingerprint density at radius 1 is 1.48 bits per heavy atom. The average molecular weight is 318 g/mol. The second-order valence-corrected chi connectivity index (χ2v) is 5.92. The van der Waals surface area contributed by atoms with Crippen LogP contribution in [0.4, 0.5) is 5.69 Å². The van der Waals surface area contributed by atoms with Crippen molar-refractivity contribution >= 4 is 21.7 Å². The summed E-state index contributed by atoms with van der Waals surface area (Å²) >= 11 is 0. The number of nitrogens with zero attached hydrogens (tertiary/aromatic N) is 1. The topological polar surface area (TPSA) is 147 Å². The second-order valence-electron chi connectivity index (χ2n) is 4.22. The van der Waals surface area contributed by atoms with Crippen molar-refractivity contribution in [1.29, 1.82) is 0 Å². The van der Waals surface area contributed by atoms with E-state index in [-0.39, 0.29) is 18.5 Å². The highest BCUT2D eigenvalue weighted by Crippen LogP contribution is 2.26. The summed E-state index contributed by atoms with van der Waals surface area (Å²) in [6, 6.07) is 3.84. The van der Waals surface area contributed by atoms with Crippen molar-refractivity contribution in [1.82, 2.24) is 4.72 Å². The largest absolute Gasteiger partial charge is 0.479 e. The number of nitro benzene ring substituents is 1. The van der Waals surface area contributed by atoms with E-state index in [1.54, 1.807) is 0 Å². The predicted molar refractivity (Wildman–Crippen MR) is 71.3 cm³/mol. The molecule has 0 aliphatic carbocycles. The highest BCUT2D eigenvalue weighted by atomic mass is 32.2. The maximum absolute atomic E-state index is 12.1. The molecule has 10 heteroatoms. The minimum atomic E-state index is -4.18. The number of carboxylic acids is 1. The summed E-state index contributed by atoms with van der Waals surface area (Å²) in [6.45, 7) is 1.05. The van der Waals surface area contributed by atoms with Gasteiger partial charge in [0.15, 0.2) is 11.0 Å². The minimum absolute atomic E-state index is 0.190. The monoisotopic (exact) mass is 318 g/mol. The number of hydrogen-bond acceptors (Lipinski definition) is 6. The molecule has 21 heavy (non-hydrogen) atoms. The van der Waals surface area contributed by atoms with Gasteiger partial charge in [-0.25, -0.2) is 17.9 Å². The van der Waals surface area contributed by atoms with Crippen molar-refractivity contribution in [3.8, 4) is 0 Å². The lowest BCUT2D eigenvalue weighted by molar-refractivity contribution is -0.387. The van der Waals surface area contributed by atoms with Gasteiger partial charge in [-0.05, 0) is 18.9 Å². The summed E-state index contributed by atoms with van der Waals surface area (Å²) in [5, 5.41) is 28.4. The van der Waals surface area contributed by atoms with E-state index in [1.165, 1.54) is 19.1 Å². The lowest BCUT2D eigenvalue weighted by Gasteiger charge is -2.10. The van der Waals surface area contributed by atoms with Crippen LogP contribution in [-0.2, 0) is 14.8 Å². The van der Waals surface area contributed by atoms with Gasteiger partial charge in [0.25, 0.3) is 5.69 Å². The van der Waals surface area contributed by atoms with Crippen LogP contribution < -0.4 is 4.72 Å². The zero-order valence-electron chi connectivity index (χ0n) is 11.0. The molecule has 1 aromatic carbocycles. The number of nitro groups is 1. The summed E-state index contributed by atoms with van der Waals surface area (Å²) in [7, 11) is -4.18. The van der Waals surface area contributed by atoms with Crippen LogP contribution in [0, 0.1) is 17.0 Å². The third-order valence-electron chi connectivity index (χ3n) is 2.65. The van der Waals surface area contributed by atoms with Crippen molar-refractivity contribution < 1.29 is 28.3 Å². The maximum atomic E-state index is 12.1. The van der Waals surface area contributed by atoms with Crippen LogP contribution in [0.2, 0.25) is 0 Å². The predicted octanol–water partition coefficient (Wildman–Crippen LogP) is 0.0171. The Morgan fingerprint density at radius 3 is 2.62 bits per heavy atom. The molecule has 0 saturated carbocycles. The van der Waals surface area contributed by atoms with Gasteiger partial charge in [0, 0.05) is 12.6 Å². The molecule has 0 aromatic heterocycles. The summed E-state index contributed by atoms with van der Waals surface area (Å²) in [6.07, 6.45) is -2.06. The van der Waals surface area contributed by atoms with Crippen molar-refractivity contribution in [2.45, 2.75) is 24.3 Å². The third-order valence-corrected chi connectivity index (χ3v) is 4.30. The molecule has 0 fully saturated rings. The number of hydrogen-bond donors (Lipinski definition) is 3. The molecule has 3 N–H and O–H groups in total. The van der Waals surface area contributed by atoms with Crippen molar-refractivity contribution in [2.24, 2.45) is 0 Å². The molecule has 0 spiro atoms. The number of carboxylic acid groups (broad SMARTS) is 1. The van der Waals surface area contributed by atoms with Crippen molar-refractivity contribution in [3.05, 3.63) is 33.9 Å². The van der Waals surface area contributed by atoms with E-state index in [0.717, 1.165) is 6.07 Å². The van der Waals surface area contributed by atoms with Gasteiger partial charge in [-0.2, -0.15) is 0 Å². The maximum Gasteiger partial charge on any atom is 0.332 e. The third kappa shape index (κ3) is 4.21. The number of nitrogens with one attached hydrogen (secondary N) is 1. The molecule has 1 rings (SSSR count). The molecule has 0 unspecified atom stereocenters. The summed E-state index contributed by atoms with van der Waals surface area (Å²) in [5.41, 5.74) is -0.378. The van der Waals surface area contributed by atoms with Gasteiger partial charge in [-0.1, -0.05) is 12.1 Å². The standard InChI is InChI=1S/C11H14N2O7S/c1-7-3-2-4-8(13(17)18)10(7)21(19,20)12-6-5-9(14)11(15)16/h2-4,9,12,14H,5-6H2,1H3,(H,15,16)/t9-/m0/s1. The van der Waals surface area contributed by atoms with Gasteiger partial charge >= 0.3 is 5.97 Å². The number of benzene rings is 1. The first-order valence-electron chi connectivity index (χ1n) is 5.81. The smallest absolute Gasteiger partial charge is 0.332 e. The molecular formula is C11H14N2O7S. The lowest BCUT2D eigenvalue weighted by atomic mass is 10.2. The zero-order chi connectivity index (χ0) is 16.2. The Morgan fingerprint density at radius 2 is 2.10 bits per heavy atom. The summed E-state index contributed by atoms with van der Waals surface area (Å²) < 4.78 is 26.2.